The Kier molecular flexibility index (Phi) is 4.50. The number of aromatic nitrogens is 2. The average Bonchev–Trinajstić information content (AvgIpc) is 2.88. The first-order valence-electron chi connectivity index (χ1n) is 6.70. The van der Waals surface area contributed by atoms with Gasteiger partial charge >= 0.3 is 0 Å². The molecule has 0 aliphatic rings. The molecule has 0 aliphatic heterocycles. The van der Waals surface area contributed by atoms with Crippen molar-refractivity contribution in [2.24, 2.45) is 0 Å². The van der Waals surface area contributed by atoms with Gasteiger partial charge in [-0.05, 0) is 44.5 Å². The van der Waals surface area contributed by atoms with Gasteiger partial charge in [-0.15, -0.1) is 0 Å². The molecule has 1 unspecified atom stereocenters. The average molecular weight is 274 g/mol. The highest BCUT2D eigenvalue weighted by atomic mass is 16.5. The molecule has 0 radical (unpaired) electrons. The summed E-state index contributed by atoms with van der Waals surface area (Å²) in [5.74, 6) is 1.86. The lowest BCUT2D eigenvalue weighted by atomic mass is 10.1. The zero-order chi connectivity index (χ0) is 14.5. The maximum Gasteiger partial charge on any atom is 0.267 e. The van der Waals surface area contributed by atoms with Crippen LogP contribution in [0, 0.1) is 0 Å². The Morgan fingerprint density at radius 3 is 2.65 bits per heavy atom. The number of hydrogen-bond acceptors (Lipinski definition) is 5. The number of benzene rings is 1. The third-order valence-electron chi connectivity index (χ3n) is 2.88. The summed E-state index contributed by atoms with van der Waals surface area (Å²) in [4.78, 5) is 15.5. The van der Waals surface area contributed by atoms with Crippen molar-refractivity contribution in [1.29, 1.82) is 0 Å². The minimum atomic E-state index is -0.323. The Morgan fingerprint density at radius 2 is 2.05 bits per heavy atom. The lowest BCUT2D eigenvalue weighted by Crippen LogP contribution is -2.04. The summed E-state index contributed by atoms with van der Waals surface area (Å²) in [6.07, 6.45) is 1.45. The van der Waals surface area contributed by atoms with Crippen LogP contribution >= 0.6 is 0 Å². The summed E-state index contributed by atoms with van der Waals surface area (Å²) >= 11 is 0. The van der Waals surface area contributed by atoms with Crippen molar-refractivity contribution in [2.75, 3.05) is 0 Å². The first kappa shape index (κ1) is 14.2. The molecule has 1 heterocycles. The van der Waals surface area contributed by atoms with Gasteiger partial charge in [-0.1, -0.05) is 12.1 Å². The number of ether oxygens (including phenoxy) is 1. The second kappa shape index (κ2) is 6.32. The van der Waals surface area contributed by atoms with Gasteiger partial charge in [-0.25, -0.2) is 0 Å². The molecule has 106 valence electrons. The van der Waals surface area contributed by atoms with Crippen molar-refractivity contribution < 1.29 is 14.1 Å². The maximum absolute atomic E-state index is 11.2. The number of Topliss-reactive ketones (excluding diaryl/α,β-unsaturated/α-hetero) is 1. The van der Waals surface area contributed by atoms with Crippen molar-refractivity contribution in [3.63, 3.8) is 0 Å². The molecule has 0 amide bonds. The zero-order valence-corrected chi connectivity index (χ0v) is 11.9. The molecule has 0 saturated carbocycles. The number of carbonyl (C=O) groups is 1. The fourth-order valence-corrected chi connectivity index (χ4v) is 1.78. The quantitative estimate of drug-likeness (QED) is 0.756. The molecule has 0 bridgehead atoms. The molecule has 0 saturated heterocycles. The van der Waals surface area contributed by atoms with Crippen molar-refractivity contribution >= 4 is 5.78 Å². The number of nitrogens with zero attached hydrogens (tertiary/aromatic N) is 2. The Labute approximate surface area is 118 Å². The predicted octanol–water partition coefficient (Wildman–Crippen LogP) is 3.36. The first-order valence-corrected chi connectivity index (χ1v) is 6.70. The fraction of sp³-hybridized carbons (Fsp3) is 0.400. The van der Waals surface area contributed by atoms with E-state index in [1.165, 1.54) is 6.92 Å². The summed E-state index contributed by atoms with van der Waals surface area (Å²) in [6.45, 7) is 5.45. The van der Waals surface area contributed by atoms with Crippen LogP contribution in [0.1, 0.15) is 55.4 Å². The molecule has 2 rings (SSSR count). The number of carbonyl (C=O) groups excluding carboxylic acids is 1. The summed E-state index contributed by atoms with van der Waals surface area (Å²) in [5.41, 5.74) is 0.660. The number of aryl methyl sites for hydroxylation is 1. The van der Waals surface area contributed by atoms with Crippen LogP contribution in [0.4, 0.5) is 0 Å². The molecular weight excluding hydrogens is 256 g/mol. The van der Waals surface area contributed by atoms with Gasteiger partial charge in [0.05, 0.1) is 0 Å². The number of ketones is 1. The van der Waals surface area contributed by atoms with E-state index < -0.39 is 0 Å². The Hall–Kier alpha value is -2.17. The molecule has 1 atom stereocenters. The molecule has 2 aromatic rings. The summed E-state index contributed by atoms with van der Waals surface area (Å²) in [7, 11) is 0. The van der Waals surface area contributed by atoms with Crippen LogP contribution in [0.2, 0.25) is 0 Å². The van der Waals surface area contributed by atoms with E-state index >= 15 is 0 Å². The van der Waals surface area contributed by atoms with E-state index in [0.717, 1.165) is 12.8 Å². The predicted molar refractivity (Wildman–Crippen MR) is 73.8 cm³/mol. The van der Waals surface area contributed by atoms with E-state index in [2.05, 4.69) is 17.1 Å². The topological polar surface area (TPSA) is 65.2 Å². The van der Waals surface area contributed by atoms with Crippen LogP contribution in [0.3, 0.4) is 0 Å². The van der Waals surface area contributed by atoms with Crippen molar-refractivity contribution in [3.8, 4) is 5.75 Å². The van der Waals surface area contributed by atoms with Crippen LogP contribution in [0.15, 0.2) is 28.8 Å². The molecule has 0 spiro atoms. The van der Waals surface area contributed by atoms with E-state index in [4.69, 9.17) is 9.26 Å². The largest absolute Gasteiger partial charge is 0.481 e. The highest BCUT2D eigenvalue weighted by Gasteiger charge is 2.15. The van der Waals surface area contributed by atoms with E-state index in [9.17, 15) is 4.79 Å². The van der Waals surface area contributed by atoms with Crippen LogP contribution < -0.4 is 4.74 Å². The minimum Gasteiger partial charge on any atom is -0.481 e. The summed E-state index contributed by atoms with van der Waals surface area (Å²) in [5, 5.41) is 3.90. The lowest BCUT2D eigenvalue weighted by Gasteiger charge is -2.10. The van der Waals surface area contributed by atoms with Gasteiger partial charge in [-0.3, -0.25) is 4.79 Å². The second-order valence-corrected chi connectivity index (χ2v) is 4.64. The fourth-order valence-electron chi connectivity index (χ4n) is 1.78. The molecule has 5 nitrogen and oxygen atoms in total. The van der Waals surface area contributed by atoms with Crippen LogP contribution in [0.25, 0.3) is 0 Å². The summed E-state index contributed by atoms with van der Waals surface area (Å²) < 4.78 is 10.9. The summed E-state index contributed by atoms with van der Waals surface area (Å²) in [6, 6.07) is 6.99. The lowest BCUT2D eigenvalue weighted by molar-refractivity contribution is 0.101. The van der Waals surface area contributed by atoms with Gasteiger partial charge in [-0.2, -0.15) is 4.98 Å². The SMILES string of the molecule is CCCc1noc(C(C)Oc2ccc(C(C)=O)cc2)n1. The number of hydrogen-bond donors (Lipinski definition) is 0. The van der Waals surface area contributed by atoms with Gasteiger partial charge in [0, 0.05) is 12.0 Å². The van der Waals surface area contributed by atoms with Crippen LogP contribution in [-0.4, -0.2) is 15.9 Å². The second-order valence-electron chi connectivity index (χ2n) is 4.64. The Balaban J connectivity index is 2.02. The highest BCUT2D eigenvalue weighted by Crippen LogP contribution is 2.21. The van der Waals surface area contributed by atoms with Gasteiger partial charge in [0.1, 0.15) is 5.75 Å². The Morgan fingerprint density at radius 1 is 1.35 bits per heavy atom. The van der Waals surface area contributed by atoms with E-state index in [1.54, 1.807) is 24.3 Å². The molecule has 0 fully saturated rings. The molecule has 0 aliphatic carbocycles. The highest BCUT2D eigenvalue weighted by molar-refractivity contribution is 5.94. The Bertz CT molecular complexity index is 575. The zero-order valence-electron chi connectivity index (χ0n) is 11.9. The van der Waals surface area contributed by atoms with Gasteiger partial charge < -0.3 is 9.26 Å². The third-order valence-corrected chi connectivity index (χ3v) is 2.88. The molecule has 1 aromatic carbocycles. The van der Waals surface area contributed by atoms with Crippen molar-refractivity contribution in [2.45, 2.75) is 39.7 Å². The standard InChI is InChI=1S/C15H18N2O3/c1-4-5-14-16-15(20-17-14)11(3)19-13-8-6-12(7-9-13)10(2)18/h6-9,11H,4-5H2,1-3H3. The van der Waals surface area contributed by atoms with Gasteiger partial charge in [0.25, 0.3) is 5.89 Å². The van der Waals surface area contributed by atoms with Gasteiger partial charge in [0.2, 0.25) is 0 Å². The molecule has 5 heteroatoms. The minimum absolute atomic E-state index is 0.0331. The smallest absolute Gasteiger partial charge is 0.267 e. The maximum atomic E-state index is 11.2. The molecular formula is C15H18N2O3. The normalized spacial score (nSPS) is 12.2. The van der Waals surface area contributed by atoms with Crippen molar-refractivity contribution in [1.82, 2.24) is 10.1 Å². The molecule has 0 N–H and O–H groups in total. The number of rotatable bonds is 6. The molecule has 1 aromatic heterocycles. The molecule has 20 heavy (non-hydrogen) atoms. The van der Waals surface area contributed by atoms with E-state index in [0.29, 0.717) is 23.0 Å². The monoisotopic (exact) mass is 274 g/mol. The van der Waals surface area contributed by atoms with Crippen molar-refractivity contribution in [3.05, 3.63) is 41.5 Å². The first-order chi connectivity index (χ1) is 9.60. The van der Waals surface area contributed by atoms with Crippen LogP contribution in [-0.2, 0) is 6.42 Å². The van der Waals surface area contributed by atoms with Gasteiger partial charge in [0.15, 0.2) is 17.7 Å². The van der Waals surface area contributed by atoms with E-state index in [-0.39, 0.29) is 11.9 Å². The third kappa shape index (κ3) is 3.44. The van der Waals surface area contributed by atoms with E-state index in [1.807, 2.05) is 6.92 Å². The van der Waals surface area contributed by atoms with Crippen LogP contribution in [0.5, 0.6) is 5.75 Å².